The monoisotopic (exact) mass is 252 g/mol. The van der Waals surface area contributed by atoms with E-state index in [4.69, 9.17) is 0 Å². The summed E-state index contributed by atoms with van der Waals surface area (Å²) in [5.41, 5.74) is 3.52. The van der Waals surface area contributed by atoms with Crippen molar-refractivity contribution in [3.63, 3.8) is 0 Å². The number of hydrogen-bond acceptors (Lipinski definition) is 0. The van der Waals surface area contributed by atoms with Crippen LogP contribution in [0, 0.1) is 12.3 Å². The molecule has 1 unspecified atom stereocenters. The van der Waals surface area contributed by atoms with Crippen LogP contribution in [-0.4, -0.2) is 4.83 Å². The first kappa shape index (κ1) is 10.2. The molecule has 0 saturated heterocycles. The molecule has 1 fully saturated rings. The highest BCUT2D eigenvalue weighted by Crippen LogP contribution is 2.53. The third-order valence-corrected chi connectivity index (χ3v) is 4.51. The van der Waals surface area contributed by atoms with Gasteiger partial charge < -0.3 is 0 Å². The molecule has 0 aliphatic heterocycles. The Morgan fingerprint density at radius 2 is 2.00 bits per heavy atom. The van der Waals surface area contributed by atoms with Crippen molar-refractivity contribution in [2.45, 2.75) is 37.9 Å². The molecule has 1 aliphatic carbocycles. The maximum absolute atomic E-state index is 3.74. The molecule has 14 heavy (non-hydrogen) atoms. The van der Waals surface area contributed by atoms with Crippen molar-refractivity contribution in [3.8, 4) is 0 Å². The van der Waals surface area contributed by atoms with Crippen molar-refractivity contribution < 1.29 is 0 Å². The van der Waals surface area contributed by atoms with Gasteiger partial charge >= 0.3 is 0 Å². The Labute approximate surface area is 94.8 Å². The molecule has 1 atom stereocenters. The molecule has 76 valence electrons. The summed E-state index contributed by atoms with van der Waals surface area (Å²) in [4.78, 5) is 0.648. The largest absolute Gasteiger partial charge is 0.0888 e. The zero-order valence-corrected chi connectivity index (χ0v) is 10.5. The van der Waals surface area contributed by atoms with E-state index in [0.717, 1.165) is 0 Å². The Balaban J connectivity index is 2.15. The average Bonchev–Trinajstić information content (AvgIpc) is 2.90. The summed E-state index contributed by atoms with van der Waals surface area (Å²) in [6, 6.07) is 8.75. The highest BCUT2D eigenvalue weighted by molar-refractivity contribution is 9.09. The second-order valence-electron chi connectivity index (χ2n) is 4.58. The summed E-state index contributed by atoms with van der Waals surface area (Å²) >= 11 is 3.74. The fourth-order valence-electron chi connectivity index (χ4n) is 2.06. The van der Waals surface area contributed by atoms with Gasteiger partial charge in [-0.05, 0) is 42.7 Å². The summed E-state index contributed by atoms with van der Waals surface area (Å²) < 4.78 is 0. The second kappa shape index (κ2) is 3.69. The summed E-state index contributed by atoms with van der Waals surface area (Å²) in [6.45, 7) is 4.50. The van der Waals surface area contributed by atoms with E-state index in [1.807, 2.05) is 0 Å². The van der Waals surface area contributed by atoms with Gasteiger partial charge in [-0.1, -0.05) is 47.1 Å². The van der Waals surface area contributed by atoms with E-state index in [1.54, 1.807) is 0 Å². The number of hydrogen-bond donors (Lipinski definition) is 0. The third kappa shape index (κ3) is 1.88. The quantitative estimate of drug-likeness (QED) is 0.711. The van der Waals surface area contributed by atoms with E-state index < -0.39 is 0 Å². The van der Waals surface area contributed by atoms with Crippen molar-refractivity contribution >= 4 is 15.9 Å². The van der Waals surface area contributed by atoms with E-state index in [1.165, 1.54) is 30.4 Å². The van der Waals surface area contributed by atoms with Gasteiger partial charge in [-0.3, -0.25) is 0 Å². The molecule has 0 N–H and O–H groups in total. The maximum atomic E-state index is 3.74. The summed E-state index contributed by atoms with van der Waals surface area (Å²) in [7, 11) is 0. The molecule has 0 spiro atoms. The van der Waals surface area contributed by atoms with E-state index in [9.17, 15) is 0 Å². The highest BCUT2D eigenvalue weighted by atomic mass is 79.9. The van der Waals surface area contributed by atoms with E-state index >= 15 is 0 Å². The Bertz CT molecular complexity index is 324. The van der Waals surface area contributed by atoms with Crippen LogP contribution in [0.25, 0.3) is 0 Å². The molecule has 1 heteroatoms. The molecule has 0 bridgehead atoms. The van der Waals surface area contributed by atoms with Gasteiger partial charge in [-0.25, -0.2) is 0 Å². The molecule has 1 saturated carbocycles. The number of aryl methyl sites for hydroxylation is 1. The van der Waals surface area contributed by atoms with Crippen molar-refractivity contribution in [1.29, 1.82) is 0 Å². The van der Waals surface area contributed by atoms with Crippen LogP contribution >= 0.6 is 15.9 Å². The van der Waals surface area contributed by atoms with Gasteiger partial charge in [0.2, 0.25) is 0 Å². The van der Waals surface area contributed by atoms with Crippen LogP contribution in [0.1, 0.15) is 30.9 Å². The summed E-state index contributed by atoms with van der Waals surface area (Å²) in [5.74, 6) is 0. The van der Waals surface area contributed by atoms with Crippen LogP contribution in [0.3, 0.4) is 0 Å². The van der Waals surface area contributed by atoms with Crippen LogP contribution < -0.4 is 0 Å². The van der Waals surface area contributed by atoms with Gasteiger partial charge in [0.15, 0.2) is 0 Å². The Kier molecular flexibility index (Phi) is 2.70. The lowest BCUT2D eigenvalue weighted by Gasteiger charge is -2.19. The fraction of sp³-hybridized carbons (Fsp3) is 0.538. The first-order valence-electron chi connectivity index (χ1n) is 5.33. The molecular formula is C13H17Br. The van der Waals surface area contributed by atoms with Crippen molar-refractivity contribution in [3.05, 3.63) is 35.4 Å². The van der Waals surface area contributed by atoms with E-state index in [0.29, 0.717) is 10.2 Å². The highest BCUT2D eigenvalue weighted by Gasteiger charge is 2.46. The molecular weight excluding hydrogens is 236 g/mol. The minimum Gasteiger partial charge on any atom is -0.0888 e. The molecule has 1 aliphatic rings. The first-order chi connectivity index (χ1) is 6.64. The molecule has 0 amide bonds. The molecule has 1 aromatic carbocycles. The summed E-state index contributed by atoms with van der Waals surface area (Å²) in [5, 5.41) is 0. The maximum Gasteiger partial charge on any atom is 0.0177 e. The van der Waals surface area contributed by atoms with Crippen molar-refractivity contribution in [1.82, 2.24) is 0 Å². The molecule has 2 rings (SSSR count). The van der Waals surface area contributed by atoms with E-state index in [-0.39, 0.29) is 0 Å². The van der Waals surface area contributed by atoms with Crippen LogP contribution in [0.2, 0.25) is 0 Å². The predicted molar refractivity (Wildman–Crippen MR) is 64.9 cm³/mol. The topological polar surface area (TPSA) is 0 Å². The standard InChI is InChI=1S/C13H17Br/c1-10-5-3-4-6-12(10)9-13(7-8-13)11(2)14/h3-6,11H,7-9H2,1-2H3. The lowest BCUT2D eigenvalue weighted by atomic mass is 9.91. The fourth-order valence-corrected chi connectivity index (χ4v) is 2.68. The SMILES string of the molecule is Cc1ccccc1CC1(C(C)Br)CC1. The number of alkyl halides is 1. The second-order valence-corrected chi connectivity index (χ2v) is 5.96. The number of rotatable bonds is 3. The van der Waals surface area contributed by atoms with Crippen LogP contribution in [0.15, 0.2) is 24.3 Å². The predicted octanol–water partition coefficient (Wildman–Crippen LogP) is 4.10. The zero-order valence-electron chi connectivity index (χ0n) is 8.89. The average molecular weight is 253 g/mol. The molecule has 0 aromatic heterocycles. The van der Waals surface area contributed by atoms with Gasteiger partial charge in [0, 0.05) is 4.83 Å². The molecule has 0 nitrogen and oxygen atoms in total. The van der Waals surface area contributed by atoms with Crippen LogP contribution in [0.4, 0.5) is 0 Å². The normalized spacial score (nSPS) is 20.5. The van der Waals surface area contributed by atoms with Crippen molar-refractivity contribution in [2.24, 2.45) is 5.41 Å². The Hall–Kier alpha value is -0.300. The van der Waals surface area contributed by atoms with Gasteiger partial charge in [-0.15, -0.1) is 0 Å². The van der Waals surface area contributed by atoms with Gasteiger partial charge in [-0.2, -0.15) is 0 Å². The number of benzene rings is 1. The van der Waals surface area contributed by atoms with Crippen molar-refractivity contribution in [2.75, 3.05) is 0 Å². The Morgan fingerprint density at radius 1 is 1.36 bits per heavy atom. The van der Waals surface area contributed by atoms with Crippen LogP contribution in [-0.2, 0) is 6.42 Å². The van der Waals surface area contributed by atoms with Crippen LogP contribution in [0.5, 0.6) is 0 Å². The van der Waals surface area contributed by atoms with Gasteiger partial charge in [0.25, 0.3) is 0 Å². The Morgan fingerprint density at radius 3 is 2.50 bits per heavy atom. The molecule has 0 radical (unpaired) electrons. The lowest BCUT2D eigenvalue weighted by molar-refractivity contribution is 0.508. The summed E-state index contributed by atoms with van der Waals surface area (Å²) in [6.07, 6.45) is 4.01. The third-order valence-electron chi connectivity index (χ3n) is 3.54. The molecule has 0 heterocycles. The minimum absolute atomic E-state index is 0.562. The zero-order chi connectivity index (χ0) is 10.2. The number of halogens is 1. The van der Waals surface area contributed by atoms with Gasteiger partial charge in [0.05, 0.1) is 0 Å². The lowest BCUT2D eigenvalue weighted by Crippen LogP contribution is -2.15. The smallest absolute Gasteiger partial charge is 0.0177 e. The first-order valence-corrected chi connectivity index (χ1v) is 6.24. The molecule has 1 aromatic rings. The van der Waals surface area contributed by atoms with E-state index in [2.05, 4.69) is 54.0 Å². The minimum atomic E-state index is 0.562. The van der Waals surface area contributed by atoms with Gasteiger partial charge in [0.1, 0.15) is 0 Å².